The van der Waals surface area contributed by atoms with Gasteiger partial charge in [-0.05, 0) is 58.9 Å². The molecule has 3 aromatic rings. The number of fused-ring (bicyclic) bond motifs is 3. The van der Waals surface area contributed by atoms with Crippen LogP contribution in [0.4, 0.5) is 0 Å². The van der Waals surface area contributed by atoms with Crippen molar-refractivity contribution in [3.05, 3.63) is 77.0 Å². The van der Waals surface area contributed by atoms with Gasteiger partial charge in [0.15, 0.2) is 6.20 Å². The molecule has 25 heavy (non-hydrogen) atoms. The summed E-state index contributed by atoms with van der Waals surface area (Å²) in [4.78, 5) is 0. The minimum atomic E-state index is 0.0675. The van der Waals surface area contributed by atoms with E-state index in [2.05, 4.69) is 94.0 Å². The highest BCUT2D eigenvalue weighted by Crippen LogP contribution is 2.50. The van der Waals surface area contributed by atoms with Crippen LogP contribution in [-0.4, -0.2) is 0 Å². The van der Waals surface area contributed by atoms with Gasteiger partial charge in [0.05, 0.1) is 0 Å². The smallest absolute Gasteiger partial charge is 0.201 e. The van der Waals surface area contributed by atoms with Crippen LogP contribution >= 0.6 is 0 Å². The van der Waals surface area contributed by atoms with Gasteiger partial charge >= 0.3 is 0 Å². The Morgan fingerprint density at radius 3 is 2.36 bits per heavy atom. The van der Waals surface area contributed by atoms with Gasteiger partial charge in [-0.1, -0.05) is 45.0 Å². The average molecular weight is 328 g/mol. The molecule has 2 aromatic carbocycles. The zero-order valence-electron chi connectivity index (χ0n) is 15.9. The molecule has 0 fully saturated rings. The Balaban J connectivity index is 1.99. The average Bonchev–Trinajstić information content (AvgIpc) is 2.82. The number of hydrogen-bond acceptors (Lipinski definition) is 0. The van der Waals surface area contributed by atoms with Crippen molar-refractivity contribution in [1.82, 2.24) is 0 Å². The highest BCUT2D eigenvalue weighted by atomic mass is 14.9. The standard InChI is InChI=1S/C24H26N/c1-6-17-10-11-18-20-15-19(23-9-7-8-12-25(23)5)16(2)13-21(20)24(3,4)22(18)14-17/h7-15H,6H2,1-5H3/q+1. The van der Waals surface area contributed by atoms with E-state index in [1.54, 1.807) is 0 Å². The van der Waals surface area contributed by atoms with E-state index >= 15 is 0 Å². The van der Waals surface area contributed by atoms with Gasteiger partial charge in [0.1, 0.15) is 7.05 Å². The van der Waals surface area contributed by atoms with E-state index in [9.17, 15) is 0 Å². The Morgan fingerprint density at radius 1 is 0.880 bits per heavy atom. The van der Waals surface area contributed by atoms with Crippen LogP contribution in [0, 0.1) is 6.92 Å². The zero-order chi connectivity index (χ0) is 17.8. The monoisotopic (exact) mass is 328 g/mol. The maximum Gasteiger partial charge on any atom is 0.212 e. The van der Waals surface area contributed by atoms with Gasteiger partial charge in [0.25, 0.3) is 0 Å². The molecule has 0 atom stereocenters. The molecule has 1 aromatic heterocycles. The molecule has 0 amide bonds. The van der Waals surface area contributed by atoms with Crippen LogP contribution in [0.2, 0.25) is 0 Å². The summed E-state index contributed by atoms with van der Waals surface area (Å²) in [6.45, 7) is 9.19. The molecule has 0 spiro atoms. The van der Waals surface area contributed by atoms with E-state index in [-0.39, 0.29) is 5.41 Å². The van der Waals surface area contributed by atoms with Crippen LogP contribution < -0.4 is 4.57 Å². The van der Waals surface area contributed by atoms with E-state index in [1.165, 1.54) is 44.6 Å². The number of benzene rings is 2. The quantitative estimate of drug-likeness (QED) is 0.558. The summed E-state index contributed by atoms with van der Waals surface area (Å²) >= 11 is 0. The molecular weight excluding hydrogens is 302 g/mol. The Hall–Kier alpha value is -2.41. The van der Waals surface area contributed by atoms with Crippen molar-refractivity contribution in [2.75, 3.05) is 0 Å². The maximum atomic E-state index is 2.41. The Labute approximate surface area is 151 Å². The molecule has 0 saturated carbocycles. The molecule has 0 saturated heterocycles. The first-order valence-corrected chi connectivity index (χ1v) is 9.17. The second-order valence-corrected chi connectivity index (χ2v) is 7.77. The van der Waals surface area contributed by atoms with Crippen molar-refractivity contribution < 1.29 is 4.57 Å². The highest BCUT2D eigenvalue weighted by Gasteiger charge is 2.36. The van der Waals surface area contributed by atoms with Crippen molar-refractivity contribution in [3.63, 3.8) is 0 Å². The molecular formula is C24H26N+. The minimum absolute atomic E-state index is 0.0675. The summed E-state index contributed by atoms with van der Waals surface area (Å²) in [6, 6.07) is 18.2. The predicted molar refractivity (Wildman–Crippen MR) is 105 cm³/mol. The third kappa shape index (κ3) is 2.33. The molecule has 4 rings (SSSR count). The number of hydrogen-bond donors (Lipinski definition) is 0. The SMILES string of the molecule is CCc1ccc2c(c1)C(C)(C)c1cc(C)c(-c3cccc[n+]3C)cc1-2. The third-order valence-corrected chi connectivity index (χ3v) is 5.82. The van der Waals surface area contributed by atoms with Gasteiger partial charge < -0.3 is 0 Å². The fourth-order valence-corrected chi connectivity index (χ4v) is 4.24. The first-order valence-electron chi connectivity index (χ1n) is 9.17. The van der Waals surface area contributed by atoms with Crippen LogP contribution in [0.3, 0.4) is 0 Å². The van der Waals surface area contributed by atoms with E-state index in [0.29, 0.717) is 0 Å². The van der Waals surface area contributed by atoms with E-state index in [4.69, 9.17) is 0 Å². The molecule has 1 aliphatic carbocycles. The molecule has 1 heterocycles. The molecule has 1 heteroatoms. The molecule has 0 radical (unpaired) electrons. The zero-order valence-corrected chi connectivity index (χ0v) is 15.9. The molecule has 0 N–H and O–H groups in total. The van der Waals surface area contributed by atoms with Crippen LogP contribution in [0.5, 0.6) is 0 Å². The van der Waals surface area contributed by atoms with Crippen LogP contribution in [0.1, 0.15) is 43.0 Å². The fourth-order valence-electron chi connectivity index (χ4n) is 4.24. The summed E-state index contributed by atoms with van der Waals surface area (Å²) in [7, 11) is 2.12. The second kappa shape index (κ2) is 5.56. The van der Waals surface area contributed by atoms with Crippen LogP contribution in [-0.2, 0) is 18.9 Å². The van der Waals surface area contributed by atoms with Crippen molar-refractivity contribution in [1.29, 1.82) is 0 Å². The maximum absolute atomic E-state index is 2.41. The first-order chi connectivity index (χ1) is 11.9. The summed E-state index contributed by atoms with van der Waals surface area (Å²) in [6.07, 6.45) is 3.21. The predicted octanol–water partition coefficient (Wildman–Crippen LogP) is 5.36. The van der Waals surface area contributed by atoms with Crippen LogP contribution in [0.25, 0.3) is 22.4 Å². The van der Waals surface area contributed by atoms with Gasteiger partial charge in [0, 0.05) is 23.1 Å². The lowest BCUT2D eigenvalue weighted by molar-refractivity contribution is -0.660. The Morgan fingerprint density at radius 2 is 1.64 bits per heavy atom. The topological polar surface area (TPSA) is 3.88 Å². The van der Waals surface area contributed by atoms with Gasteiger partial charge in [0.2, 0.25) is 5.69 Å². The lowest BCUT2D eigenvalue weighted by atomic mass is 9.81. The second-order valence-electron chi connectivity index (χ2n) is 7.77. The van der Waals surface area contributed by atoms with E-state index in [0.717, 1.165) is 6.42 Å². The molecule has 1 nitrogen and oxygen atoms in total. The van der Waals surface area contributed by atoms with Crippen molar-refractivity contribution >= 4 is 0 Å². The molecule has 1 aliphatic rings. The Kier molecular flexibility index (Phi) is 3.57. The van der Waals surface area contributed by atoms with Crippen molar-refractivity contribution in [2.45, 2.75) is 39.5 Å². The molecule has 0 bridgehead atoms. The summed E-state index contributed by atoms with van der Waals surface area (Å²) in [5.74, 6) is 0. The van der Waals surface area contributed by atoms with Gasteiger partial charge in [-0.2, -0.15) is 0 Å². The minimum Gasteiger partial charge on any atom is -0.201 e. The normalized spacial score (nSPS) is 14.3. The van der Waals surface area contributed by atoms with E-state index < -0.39 is 0 Å². The Bertz CT molecular complexity index is 979. The number of aryl methyl sites for hydroxylation is 3. The van der Waals surface area contributed by atoms with Gasteiger partial charge in [-0.3, -0.25) is 0 Å². The van der Waals surface area contributed by atoms with Gasteiger partial charge in [-0.15, -0.1) is 0 Å². The molecule has 0 unspecified atom stereocenters. The number of nitrogens with zero attached hydrogens (tertiary/aromatic N) is 1. The van der Waals surface area contributed by atoms with E-state index in [1.807, 2.05) is 0 Å². The lowest BCUT2D eigenvalue weighted by Gasteiger charge is -2.22. The molecule has 0 aliphatic heterocycles. The number of aromatic nitrogens is 1. The molecule has 126 valence electrons. The number of pyridine rings is 1. The van der Waals surface area contributed by atoms with Crippen LogP contribution in [0.15, 0.2) is 54.7 Å². The first kappa shape index (κ1) is 16.1. The van der Waals surface area contributed by atoms with Crippen molar-refractivity contribution in [2.24, 2.45) is 7.05 Å². The van der Waals surface area contributed by atoms with Crippen molar-refractivity contribution in [3.8, 4) is 22.4 Å². The number of rotatable bonds is 2. The fraction of sp³-hybridized carbons (Fsp3) is 0.292. The largest absolute Gasteiger partial charge is 0.212 e. The summed E-state index contributed by atoms with van der Waals surface area (Å²) in [5, 5.41) is 0. The van der Waals surface area contributed by atoms with Gasteiger partial charge in [-0.25, -0.2) is 4.57 Å². The summed E-state index contributed by atoms with van der Waals surface area (Å²) < 4.78 is 2.20. The highest BCUT2D eigenvalue weighted by molar-refractivity contribution is 5.85. The third-order valence-electron chi connectivity index (χ3n) is 5.82. The summed E-state index contributed by atoms with van der Waals surface area (Å²) in [5.41, 5.74) is 11.1. The lowest BCUT2D eigenvalue weighted by Crippen LogP contribution is -2.30.